The van der Waals surface area contributed by atoms with Crippen LogP contribution in [0.3, 0.4) is 0 Å². The lowest BCUT2D eigenvalue weighted by molar-refractivity contribution is -0.123. The van der Waals surface area contributed by atoms with Gasteiger partial charge in [0.05, 0.1) is 18.6 Å². The van der Waals surface area contributed by atoms with Crippen molar-refractivity contribution in [2.24, 2.45) is 0 Å². The molecule has 1 aliphatic heterocycles. The van der Waals surface area contributed by atoms with Crippen molar-refractivity contribution < 1.29 is 14.7 Å². The van der Waals surface area contributed by atoms with E-state index < -0.39 is 0 Å². The lowest BCUT2D eigenvalue weighted by Crippen LogP contribution is -2.27. The Labute approximate surface area is 180 Å². The van der Waals surface area contributed by atoms with Gasteiger partial charge in [-0.3, -0.25) is 14.5 Å². The maximum atomic E-state index is 12.6. The molecule has 0 bridgehead atoms. The summed E-state index contributed by atoms with van der Waals surface area (Å²) in [5.41, 5.74) is 1.48. The SMILES string of the molecule is O=C1S/C(=C/c2cc(I)c(O)c(I)c2)C(=O)N1Cc1ccccc1Cl. The number of rotatable bonds is 3. The molecule has 0 unspecified atom stereocenters. The summed E-state index contributed by atoms with van der Waals surface area (Å²) in [5.74, 6) is -0.127. The van der Waals surface area contributed by atoms with E-state index in [0.717, 1.165) is 22.9 Å². The number of imide groups is 1. The molecule has 0 aromatic heterocycles. The summed E-state index contributed by atoms with van der Waals surface area (Å²) in [5, 5.41) is 10.0. The molecule has 25 heavy (non-hydrogen) atoms. The second-order valence-corrected chi connectivity index (χ2v) is 8.92. The van der Waals surface area contributed by atoms with Crippen molar-refractivity contribution in [3.05, 3.63) is 64.6 Å². The number of carbonyl (C=O) groups excluding carboxylic acids is 2. The molecular formula is C17H10ClI2NO3S. The minimum atomic E-state index is -0.340. The molecular weight excluding hydrogens is 588 g/mol. The second kappa shape index (κ2) is 7.85. The van der Waals surface area contributed by atoms with Gasteiger partial charge in [-0.2, -0.15) is 0 Å². The third kappa shape index (κ3) is 4.15. The van der Waals surface area contributed by atoms with Gasteiger partial charge < -0.3 is 5.11 Å². The van der Waals surface area contributed by atoms with Gasteiger partial charge in [-0.15, -0.1) is 0 Å². The quantitative estimate of drug-likeness (QED) is 0.376. The minimum absolute atomic E-state index is 0.145. The molecule has 0 atom stereocenters. The largest absolute Gasteiger partial charge is 0.506 e. The molecule has 4 nitrogen and oxygen atoms in total. The Morgan fingerprint density at radius 1 is 1.16 bits per heavy atom. The molecule has 2 aromatic carbocycles. The van der Waals surface area contributed by atoms with E-state index in [4.69, 9.17) is 11.6 Å². The molecule has 0 aliphatic carbocycles. The normalized spacial score (nSPS) is 16.1. The monoisotopic (exact) mass is 597 g/mol. The molecule has 3 rings (SSSR count). The van der Waals surface area contributed by atoms with E-state index in [9.17, 15) is 14.7 Å². The van der Waals surface area contributed by atoms with Gasteiger partial charge in [0.25, 0.3) is 11.1 Å². The van der Waals surface area contributed by atoms with Gasteiger partial charge in [0, 0.05) is 5.02 Å². The van der Waals surface area contributed by atoms with Crippen molar-refractivity contribution >= 4 is 85.8 Å². The summed E-state index contributed by atoms with van der Waals surface area (Å²) in [6.07, 6.45) is 1.67. The van der Waals surface area contributed by atoms with Crippen LogP contribution < -0.4 is 0 Å². The van der Waals surface area contributed by atoms with Crippen LogP contribution in [0.1, 0.15) is 11.1 Å². The summed E-state index contributed by atoms with van der Waals surface area (Å²) in [6.45, 7) is 0.145. The number of amides is 2. The highest BCUT2D eigenvalue weighted by Gasteiger charge is 2.35. The lowest BCUT2D eigenvalue weighted by Gasteiger charge is -2.13. The zero-order valence-corrected chi connectivity index (χ0v) is 18.4. The molecule has 8 heteroatoms. The second-order valence-electron chi connectivity index (χ2n) is 5.19. The summed E-state index contributed by atoms with van der Waals surface area (Å²) >= 11 is 11.1. The number of aromatic hydroxyl groups is 1. The highest BCUT2D eigenvalue weighted by Crippen LogP contribution is 2.35. The van der Waals surface area contributed by atoms with Crippen LogP contribution in [0.25, 0.3) is 6.08 Å². The number of carbonyl (C=O) groups is 2. The highest BCUT2D eigenvalue weighted by molar-refractivity contribution is 14.1. The van der Waals surface area contributed by atoms with Gasteiger partial charge in [0.2, 0.25) is 0 Å². The van der Waals surface area contributed by atoms with Crippen molar-refractivity contribution in [1.29, 1.82) is 0 Å². The number of phenolic OH excluding ortho intramolecular Hbond substituents is 1. The van der Waals surface area contributed by atoms with Gasteiger partial charge in [0.1, 0.15) is 5.75 Å². The fourth-order valence-electron chi connectivity index (χ4n) is 2.25. The maximum Gasteiger partial charge on any atom is 0.293 e. The van der Waals surface area contributed by atoms with Crippen molar-refractivity contribution in [2.75, 3.05) is 0 Å². The van der Waals surface area contributed by atoms with E-state index in [1.54, 1.807) is 36.4 Å². The van der Waals surface area contributed by atoms with Crippen molar-refractivity contribution in [3.8, 4) is 5.75 Å². The lowest BCUT2D eigenvalue weighted by atomic mass is 10.2. The zero-order valence-electron chi connectivity index (χ0n) is 12.5. The fourth-order valence-corrected chi connectivity index (χ4v) is 5.10. The standard InChI is InChI=1S/C17H10ClI2NO3S/c18-11-4-2-1-3-10(11)8-21-16(23)14(25-17(21)24)7-9-5-12(19)15(22)13(20)6-9/h1-7,22H,8H2/b14-7+. The molecule has 1 aliphatic rings. The molecule has 2 amide bonds. The Morgan fingerprint density at radius 3 is 2.44 bits per heavy atom. The average Bonchev–Trinajstić information content (AvgIpc) is 2.82. The Kier molecular flexibility index (Phi) is 5.96. The third-order valence-electron chi connectivity index (χ3n) is 3.50. The van der Waals surface area contributed by atoms with Crippen LogP contribution in [-0.2, 0) is 11.3 Å². The first-order valence-corrected chi connectivity index (χ1v) is 10.4. The Bertz CT molecular complexity index is 894. The number of hydrogen-bond donors (Lipinski definition) is 1. The smallest absolute Gasteiger partial charge is 0.293 e. The molecule has 1 saturated heterocycles. The molecule has 0 spiro atoms. The molecule has 1 fully saturated rings. The van der Waals surface area contributed by atoms with E-state index in [0.29, 0.717) is 17.1 Å². The first-order valence-electron chi connectivity index (χ1n) is 7.03. The highest BCUT2D eigenvalue weighted by atomic mass is 127. The van der Waals surface area contributed by atoms with Crippen LogP contribution in [0.2, 0.25) is 5.02 Å². The number of hydrogen-bond acceptors (Lipinski definition) is 4. The van der Waals surface area contributed by atoms with Crippen molar-refractivity contribution in [2.45, 2.75) is 6.54 Å². The predicted octanol–water partition coefficient (Wildman–Crippen LogP) is 5.49. The van der Waals surface area contributed by atoms with Crippen molar-refractivity contribution in [1.82, 2.24) is 4.90 Å². The van der Waals surface area contributed by atoms with Gasteiger partial charge in [-0.05, 0) is 92.3 Å². The topological polar surface area (TPSA) is 57.6 Å². The Morgan fingerprint density at radius 2 is 1.80 bits per heavy atom. The van der Waals surface area contributed by atoms with Crippen LogP contribution in [0.5, 0.6) is 5.75 Å². The summed E-state index contributed by atoms with van der Waals surface area (Å²) in [4.78, 5) is 26.4. The minimum Gasteiger partial charge on any atom is -0.506 e. The number of thioether (sulfide) groups is 1. The predicted molar refractivity (Wildman–Crippen MR) is 117 cm³/mol. The van der Waals surface area contributed by atoms with Crippen LogP contribution in [-0.4, -0.2) is 21.2 Å². The summed E-state index contributed by atoms with van der Waals surface area (Å²) < 4.78 is 1.37. The Balaban J connectivity index is 1.87. The van der Waals surface area contributed by atoms with Crippen LogP contribution >= 0.6 is 68.5 Å². The fraction of sp³-hybridized carbons (Fsp3) is 0.0588. The number of phenols is 1. The van der Waals surface area contributed by atoms with Crippen molar-refractivity contribution in [3.63, 3.8) is 0 Å². The molecule has 1 N–H and O–H groups in total. The van der Waals surface area contributed by atoms with Gasteiger partial charge in [-0.1, -0.05) is 29.8 Å². The van der Waals surface area contributed by atoms with Gasteiger partial charge in [-0.25, -0.2) is 0 Å². The van der Waals surface area contributed by atoms with Crippen LogP contribution in [0.4, 0.5) is 4.79 Å². The average molecular weight is 598 g/mol. The van der Waals surface area contributed by atoms with E-state index in [2.05, 4.69) is 0 Å². The van der Waals surface area contributed by atoms with E-state index in [1.807, 2.05) is 51.2 Å². The van der Waals surface area contributed by atoms with Crippen LogP contribution in [0.15, 0.2) is 41.3 Å². The number of benzene rings is 2. The third-order valence-corrected chi connectivity index (χ3v) is 6.42. The number of nitrogens with zero attached hydrogens (tertiary/aromatic N) is 1. The number of halogens is 3. The van der Waals surface area contributed by atoms with Gasteiger partial charge in [0.15, 0.2) is 0 Å². The first-order chi connectivity index (χ1) is 11.9. The zero-order chi connectivity index (χ0) is 18.1. The Hall–Kier alpha value is -0.780. The van der Waals surface area contributed by atoms with E-state index in [-0.39, 0.29) is 23.4 Å². The molecule has 1 heterocycles. The maximum absolute atomic E-state index is 12.6. The summed E-state index contributed by atoms with van der Waals surface area (Å²) in [7, 11) is 0. The molecule has 0 radical (unpaired) electrons. The molecule has 0 saturated carbocycles. The van der Waals surface area contributed by atoms with E-state index in [1.165, 1.54) is 4.90 Å². The first kappa shape index (κ1) is 19.0. The molecule has 128 valence electrons. The van der Waals surface area contributed by atoms with E-state index >= 15 is 0 Å². The molecule has 2 aromatic rings. The van der Waals surface area contributed by atoms with Crippen LogP contribution in [0, 0.1) is 7.14 Å². The van der Waals surface area contributed by atoms with Gasteiger partial charge >= 0.3 is 0 Å². The summed E-state index contributed by atoms with van der Waals surface area (Å²) in [6, 6.07) is 10.7.